The minimum absolute atomic E-state index is 0.0175. The fourth-order valence-electron chi connectivity index (χ4n) is 1.72. The van der Waals surface area contributed by atoms with Crippen LogP contribution in [0.3, 0.4) is 0 Å². The summed E-state index contributed by atoms with van der Waals surface area (Å²) in [6.07, 6.45) is 0. The van der Waals surface area contributed by atoms with Crippen molar-refractivity contribution in [2.75, 3.05) is 10.5 Å². The Bertz CT molecular complexity index is 738. The zero-order valence-electron chi connectivity index (χ0n) is 10.5. The number of para-hydroxylation sites is 1. The van der Waals surface area contributed by atoms with E-state index in [2.05, 4.69) is 4.72 Å². The van der Waals surface area contributed by atoms with Gasteiger partial charge in [0, 0.05) is 5.69 Å². The Morgan fingerprint density at radius 2 is 1.65 bits per heavy atom. The Morgan fingerprint density at radius 1 is 1.10 bits per heavy atom. The highest BCUT2D eigenvalue weighted by atomic mass is 35.5. The molecule has 3 N–H and O–H groups in total. The summed E-state index contributed by atoms with van der Waals surface area (Å²) in [4.78, 5) is -0.182. The zero-order chi connectivity index (χ0) is 14.9. The van der Waals surface area contributed by atoms with Crippen molar-refractivity contribution in [1.29, 1.82) is 0 Å². The number of sulfonamides is 1. The average Bonchev–Trinajstić information content (AvgIpc) is 2.30. The van der Waals surface area contributed by atoms with Crippen LogP contribution in [0.5, 0.6) is 0 Å². The fourth-order valence-corrected chi connectivity index (χ4v) is 4.08. The van der Waals surface area contributed by atoms with E-state index in [0.717, 1.165) is 5.56 Å². The van der Waals surface area contributed by atoms with E-state index >= 15 is 0 Å². The van der Waals surface area contributed by atoms with Crippen LogP contribution in [-0.4, -0.2) is 8.42 Å². The molecule has 4 nitrogen and oxygen atoms in total. The fraction of sp³-hybridized carbons (Fsp3) is 0.0769. The molecule has 0 spiro atoms. The molecule has 0 aliphatic heterocycles. The zero-order valence-corrected chi connectivity index (χ0v) is 12.9. The van der Waals surface area contributed by atoms with Crippen LogP contribution in [0, 0.1) is 6.92 Å². The van der Waals surface area contributed by atoms with Crippen molar-refractivity contribution in [2.24, 2.45) is 0 Å². The smallest absolute Gasteiger partial charge is 0.264 e. The highest BCUT2D eigenvalue weighted by Crippen LogP contribution is 2.33. The van der Waals surface area contributed by atoms with Crippen LogP contribution in [-0.2, 0) is 10.0 Å². The second-order valence-electron chi connectivity index (χ2n) is 4.23. The van der Waals surface area contributed by atoms with Crippen molar-refractivity contribution in [1.82, 2.24) is 0 Å². The van der Waals surface area contributed by atoms with E-state index in [4.69, 9.17) is 28.9 Å². The van der Waals surface area contributed by atoms with Crippen molar-refractivity contribution >= 4 is 44.6 Å². The summed E-state index contributed by atoms with van der Waals surface area (Å²) in [5, 5.41) is -0.0350. The average molecular weight is 331 g/mol. The van der Waals surface area contributed by atoms with Gasteiger partial charge < -0.3 is 5.73 Å². The van der Waals surface area contributed by atoms with Crippen molar-refractivity contribution < 1.29 is 8.42 Å². The van der Waals surface area contributed by atoms with Crippen LogP contribution in [0.15, 0.2) is 41.3 Å². The summed E-state index contributed by atoms with van der Waals surface area (Å²) >= 11 is 11.9. The number of benzene rings is 2. The molecule has 0 heterocycles. The lowest BCUT2D eigenvalue weighted by Crippen LogP contribution is -2.15. The molecular formula is C13H12Cl2N2O2S. The van der Waals surface area contributed by atoms with Gasteiger partial charge in [-0.15, -0.1) is 0 Å². The minimum Gasteiger partial charge on any atom is -0.399 e. The van der Waals surface area contributed by atoms with Crippen LogP contribution >= 0.6 is 23.2 Å². The number of rotatable bonds is 3. The highest BCUT2D eigenvalue weighted by Gasteiger charge is 2.22. The summed E-state index contributed by atoms with van der Waals surface area (Å²) < 4.78 is 27.2. The van der Waals surface area contributed by atoms with Gasteiger partial charge in [-0.3, -0.25) is 4.72 Å². The van der Waals surface area contributed by atoms with Crippen molar-refractivity contribution in [3.8, 4) is 0 Å². The topological polar surface area (TPSA) is 72.2 Å². The molecule has 0 saturated carbocycles. The third kappa shape index (κ3) is 3.00. The van der Waals surface area contributed by atoms with Gasteiger partial charge in [0.05, 0.1) is 15.7 Å². The van der Waals surface area contributed by atoms with E-state index in [0.29, 0.717) is 11.4 Å². The molecule has 7 heteroatoms. The number of anilines is 2. The SMILES string of the molecule is Cc1ccccc1NS(=O)(=O)c1c(Cl)cc(N)cc1Cl. The molecule has 0 fully saturated rings. The molecule has 0 amide bonds. The Hall–Kier alpha value is -1.43. The molecule has 0 bridgehead atoms. The highest BCUT2D eigenvalue weighted by molar-refractivity contribution is 7.93. The molecule has 2 aromatic carbocycles. The third-order valence-electron chi connectivity index (χ3n) is 2.68. The molecular weight excluding hydrogens is 319 g/mol. The lowest BCUT2D eigenvalue weighted by molar-refractivity contribution is 0.601. The van der Waals surface area contributed by atoms with Gasteiger partial charge in [-0.2, -0.15) is 0 Å². The van der Waals surface area contributed by atoms with E-state index in [-0.39, 0.29) is 14.9 Å². The summed E-state index contributed by atoms with van der Waals surface area (Å²) in [7, 11) is -3.88. The van der Waals surface area contributed by atoms with Crippen LogP contribution in [0.2, 0.25) is 10.0 Å². The first kappa shape index (κ1) is 15.0. The van der Waals surface area contributed by atoms with Crippen LogP contribution in [0.25, 0.3) is 0 Å². The number of aryl methyl sites for hydroxylation is 1. The molecule has 0 unspecified atom stereocenters. The maximum atomic E-state index is 12.4. The molecule has 20 heavy (non-hydrogen) atoms. The van der Waals surface area contributed by atoms with Gasteiger partial charge >= 0.3 is 0 Å². The molecule has 0 aromatic heterocycles. The molecule has 0 saturated heterocycles. The first-order valence-corrected chi connectivity index (χ1v) is 7.88. The Balaban J connectivity index is 2.50. The number of nitrogen functional groups attached to an aromatic ring is 1. The van der Waals surface area contributed by atoms with Crippen LogP contribution in [0.4, 0.5) is 11.4 Å². The predicted molar refractivity (Wildman–Crippen MR) is 82.9 cm³/mol. The first-order chi connectivity index (χ1) is 9.31. The standard InChI is InChI=1S/C13H12Cl2N2O2S/c1-8-4-2-3-5-12(8)17-20(18,19)13-10(14)6-9(16)7-11(13)15/h2-7,17H,16H2,1H3. The molecule has 0 atom stereocenters. The van der Waals surface area contributed by atoms with Crippen molar-refractivity contribution in [3.05, 3.63) is 52.0 Å². The van der Waals surface area contributed by atoms with Gasteiger partial charge in [-0.05, 0) is 30.7 Å². The molecule has 0 aliphatic rings. The number of nitrogens with one attached hydrogen (secondary N) is 1. The van der Waals surface area contributed by atoms with E-state index in [1.165, 1.54) is 12.1 Å². The summed E-state index contributed by atoms with van der Waals surface area (Å²) in [5.74, 6) is 0. The van der Waals surface area contributed by atoms with Crippen LogP contribution in [0.1, 0.15) is 5.56 Å². The maximum absolute atomic E-state index is 12.4. The van der Waals surface area contributed by atoms with Crippen molar-refractivity contribution in [3.63, 3.8) is 0 Å². The largest absolute Gasteiger partial charge is 0.399 e. The summed E-state index contributed by atoms with van der Waals surface area (Å²) in [5.41, 5.74) is 7.12. The maximum Gasteiger partial charge on any atom is 0.264 e. The van der Waals surface area contributed by atoms with Crippen molar-refractivity contribution in [2.45, 2.75) is 11.8 Å². The molecule has 2 aromatic rings. The summed E-state index contributed by atoms with van der Waals surface area (Å²) in [6, 6.07) is 9.70. The van der Waals surface area contributed by atoms with Gasteiger partial charge in [0.15, 0.2) is 0 Å². The van der Waals surface area contributed by atoms with Gasteiger partial charge in [0.25, 0.3) is 10.0 Å². The number of hydrogen-bond donors (Lipinski definition) is 2. The summed E-state index contributed by atoms with van der Waals surface area (Å²) in [6.45, 7) is 1.80. The Morgan fingerprint density at radius 3 is 2.20 bits per heavy atom. The Labute approximate surface area is 127 Å². The minimum atomic E-state index is -3.88. The molecule has 0 radical (unpaired) electrons. The third-order valence-corrected chi connectivity index (χ3v) is 4.96. The molecule has 0 aliphatic carbocycles. The second-order valence-corrected chi connectivity index (χ2v) is 6.67. The van der Waals surface area contributed by atoms with E-state index in [1.807, 2.05) is 6.07 Å². The first-order valence-electron chi connectivity index (χ1n) is 5.64. The van der Waals surface area contributed by atoms with Gasteiger partial charge in [0.2, 0.25) is 0 Å². The van der Waals surface area contributed by atoms with Gasteiger partial charge in [0.1, 0.15) is 4.90 Å². The predicted octanol–water partition coefficient (Wildman–Crippen LogP) is 3.68. The second kappa shape index (κ2) is 5.52. The lowest BCUT2D eigenvalue weighted by Gasteiger charge is -2.13. The van der Waals surface area contributed by atoms with Gasteiger partial charge in [-0.25, -0.2) is 8.42 Å². The number of halogens is 2. The Kier molecular flexibility index (Phi) is 4.13. The van der Waals surface area contributed by atoms with Crippen LogP contribution < -0.4 is 10.5 Å². The molecule has 2 rings (SSSR count). The normalized spacial score (nSPS) is 11.3. The van der Waals surface area contributed by atoms with Gasteiger partial charge in [-0.1, -0.05) is 41.4 Å². The molecule has 106 valence electrons. The van der Waals surface area contributed by atoms with E-state index < -0.39 is 10.0 Å². The number of nitrogens with two attached hydrogens (primary N) is 1. The lowest BCUT2D eigenvalue weighted by atomic mass is 10.2. The quantitative estimate of drug-likeness (QED) is 0.843. The van der Waals surface area contributed by atoms with E-state index in [1.54, 1.807) is 25.1 Å². The van der Waals surface area contributed by atoms with E-state index in [9.17, 15) is 8.42 Å². The monoisotopic (exact) mass is 330 g/mol. The number of hydrogen-bond acceptors (Lipinski definition) is 3.